The number of carbonyl (C=O) groups is 1. The molecular formula is C17H33N3O. The largest absolute Gasteiger partial charge is 0.317 e. The first kappa shape index (κ1) is 16.9. The van der Waals surface area contributed by atoms with E-state index >= 15 is 0 Å². The third-order valence-electron chi connectivity index (χ3n) is 4.95. The lowest BCUT2D eigenvalue weighted by atomic mass is 9.92. The second-order valence-electron chi connectivity index (χ2n) is 6.52. The SMILES string of the molecule is CCNCCCCCN1CCN(C2CCCCC2=O)CC1. The zero-order valence-electron chi connectivity index (χ0n) is 13.8. The molecule has 0 aromatic rings. The Labute approximate surface area is 130 Å². The van der Waals surface area contributed by atoms with Crippen LogP contribution in [0.5, 0.6) is 0 Å². The van der Waals surface area contributed by atoms with Crippen molar-refractivity contribution in [1.29, 1.82) is 0 Å². The summed E-state index contributed by atoms with van der Waals surface area (Å²) in [5.41, 5.74) is 0. The van der Waals surface area contributed by atoms with Gasteiger partial charge in [-0.25, -0.2) is 0 Å². The highest BCUT2D eigenvalue weighted by atomic mass is 16.1. The Bertz CT molecular complexity index is 300. The molecule has 0 aromatic carbocycles. The summed E-state index contributed by atoms with van der Waals surface area (Å²) in [6, 6.07) is 0.251. The smallest absolute Gasteiger partial charge is 0.149 e. The molecule has 0 radical (unpaired) electrons. The van der Waals surface area contributed by atoms with Crippen LogP contribution in [-0.2, 0) is 4.79 Å². The predicted octanol–water partition coefficient (Wildman–Crippen LogP) is 1.90. The topological polar surface area (TPSA) is 35.6 Å². The maximum Gasteiger partial charge on any atom is 0.149 e. The van der Waals surface area contributed by atoms with Gasteiger partial charge in [-0.3, -0.25) is 9.69 Å². The van der Waals surface area contributed by atoms with Gasteiger partial charge in [0.15, 0.2) is 0 Å². The van der Waals surface area contributed by atoms with Crippen LogP contribution >= 0.6 is 0 Å². The van der Waals surface area contributed by atoms with Crippen molar-refractivity contribution in [3.05, 3.63) is 0 Å². The predicted molar refractivity (Wildman–Crippen MR) is 87.7 cm³/mol. The summed E-state index contributed by atoms with van der Waals surface area (Å²) in [4.78, 5) is 17.0. The number of Topliss-reactive ketones (excluding diaryl/α,β-unsaturated/α-hetero) is 1. The van der Waals surface area contributed by atoms with E-state index < -0.39 is 0 Å². The van der Waals surface area contributed by atoms with Crippen LogP contribution in [0.2, 0.25) is 0 Å². The van der Waals surface area contributed by atoms with Crippen LogP contribution in [0.25, 0.3) is 0 Å². The second-order valence-corrected chi connectivity index (χ2v) is 6.52. The Morgan fingerprint density at radius 2 is 1.90 bits per heavy atom. The average molecular weight is 295 g/mol. The van der Waals surface area contributed by atoms with Gasteiger partial charge < -0.3 is 10.2 Å². The van der Waals surface area contributed by atoms with E-state index in [0.29, 0.717) is 5.78 Å². The lowest BCUT2D eigenvalue weighted by Crippen LogP contribution is -2.53. The molecule has 4 heteroatoms. The first-order valence-electron chi connectivity index (χ1n) is 9.01. The van der Waals surface area contributed by atoms with E-state index in [2.05, 4.69) is 22.0 Å². The van der Waals surface area contributed by atoms with E-state index in [1.807, 2.05) is 0 Å². The van der Waals surface area contributed by atoms with Gasteiger partial charge in [0.05, 0.1) is 6.04 Å². The number of unbranched alkanes of at least 4 members (excludes halogenated alkanes) is 2. The molecule has 2 fully saturated rings. The molecule has 1 aliphatic carbocycles. The molecule has 1 aliphatic heterocycles. The maximum atomic E-state index is 12.0. The summed E-state index contributed by atoms with van der Waals surface area (Å²) in [5.74, 6) is 0.498. The number of nitrogens with zero attached hydrogens (tertiary/aromatic N) is 2. The fraction of sp³-hybridized carbons (Fsp3) is 0.941. The molecule has 0 spiro atoms. The third kappa shape index (κ3) is 5.68. The highest BCUT2D eigenvalue weighted by Gasteiger charge is 2.30. The van der Waals surface area contributed by atoms with Crippen molar-refractivity contribution in [2.45, 2.75) is 57.9 Å². The van der Waals surface area contributed by atoms with Gasteiger partial charge >= 0.3 is 0 Å². The summed E-state index contributed by atoms with van der Waals surface area (Å²) >= 11 is 0. The number of ketones is 1. The minimum atomic E-state index is 0.251. The van der Waals surface area contributed by atoms with Gasteiger partial charge in [-0.15, -0.1) is 0 Å². The van der Waals surface area contributed by atoms with Crippen molar-refractivity contribution in [2.75, 3.05) is 45.8 Å². The van der Waals surface area contributed by atoms with E-state index in [1.54, 1.807) is 0 Å². The molecule has 1 saturated carbocycles. The number of carbonyl (C=O) groups excluding carboxylic acids is 1. The van der Waals surface area contributed by atoms with Gasteiger partial charge in [0.25, 0.3) is 0 Å². The van der Waals surface area contributed by atoms with E-state index in [9.17, 15) is 4.79 Å². The molecule has 1 N–H and O–H groups in total. The first-order chi connectivity index (χ1) is 10.3. The lowest BCUT2D eigenvalue weighted by Gasteiger charge is -2.40. The summed E-state index contributed by atoms with van der Waals surface area (Å²) in [5, 5.41) is 3.38. The summed E-state index contributed by atoms with van der Waals surface area (Å²) < 4.78 is 0. The molecule has 1 atom stereocenters. The fourth-order valence-corrected chi connectivity index (χ4v) is 3.59. The molecule has 1 saturated heterocycles. The molecule has 0 bridgehead atoms. The Morgan fingerprint density at radius 1 is 1.10 bits per heavy atom. The molecule has 2 rings (SSSR count). The van der Waals surface area contributed by atoms with Crippen molar-refractivity contribution < 1.29 is 4.79 Å². The third-order valence-corrected chi connectivity index (χ3v) is 4.95. The Morgan fingerprint density at radius 3 is 2.62 bits per heavy atom. The zero-order valence-corrected chi connectivity index (χ0v) is 13.8. The molecule has 21 heavy (non-hydrogen) atoms. The first-order valence-corrected chi connectivity index (χ1v) is 9.01. The number of rotatable bonds is 8. The van der Waals surface area contributed by atoms with Crippen LogP contribution in [0, 0.1) is 0 Å². The van der Waals surface area contributed by atoms with E-state index in [1.165, 1.54) is 32.2 Å². The van der Waals surface area contributed by atoms with Gasteiger partial charge in [-0.1, -0.05) is 19.8 Å². The molecular weight excluding hydrogens is 262 g/mol. The average Bonchev–Trinajstić information content (AvgIpc) is 2.52. The number of nitrogens with one attached hydrogen (secondary N) is 1. The Balaban J connectivity index is 1.56. The van der Waals surface area contributed by atoms with Crippen molar-refractivity contribution >= 4 is 5.78 Å². The zero-order chi connectivity index (χ0) is 14.9. The van der Waals surface area contributed by atoms with Crippen LogP contribution in [0.4, 0.5) is 0 Å². The normalized spacial score (nSPS) is 25.4. The second kappa shape index (κ2) is 9.54. The van der Waals surface area contributed by atoms with Crippen molar-refractivity contribution in [3.63, 3.8) is 0 Å². The van der Waals surface area contributed by atoms with E-state index in [0.717, 1.165) is 58.5 Å². The van der Waals surface area contributed by atoms with Gasteiger partial charge in [0.1, 0.15) is 5.78 Å². The molecule has 122 valence electrons. The van der Waals surface area contributed by atoms with Crippen LogP contribution in [0.3, 0.4) is 0 Å². The van der Waals surface area contributed by atoms with E-state index in [4.69, 9.17) is 0 Å². The van der Waals surface area contributed by atoms with Crippen LogP contribution in [-0.4, -0.2) is 67.4 Å². The Hall–Kier alpha value is -0.450. The van der Waals surface area contributed by atoms with Crippen molar-refractivity contribution in [3.8, 4) is 0 Å². The van der Waals surface area contributed by atoms with Crippen molar-refractivity contribution in [2.24, 2.45) is 0 Å². The van der Waals surface area contributed by atoms with Crippen LogP contribution in [0.1, 0.15) is 51.9 Å². The van der Waals surface area contributed by atoms with Crippen LogP contribution < -0.4 is 5.32 Å². The van der Waals surface area contributed by atoms with Crippen LogP contribution in [0.15, 0.2) is 0 Å². The van der Waals surface area contributed by atoms with Gasteiger partial charge in [0, 0.05) is 32.6 Å². The van der Waals surface area contributed by atoms with Gasteiger partial charge in [-0.05, 0) is 45.3 Å². The molecule has 4 nitrogen and oxygen atoms in total. The molecule has 2 aliphatic rings. The Kier molecular flexibility index (Phi) is 7.69. The fourth-order valence-electron chi connectivity index (χ4n) is 3.59. The summed E-state index contributed by atoms with van der Waals surface area (Å²) in [7, 11) is 0. The highest BCUT2D eigenvalue weighted by Crippen LogP contribution is 2.21. The number of hydrogen-bond acceptors (Lipinski definition) is 4. The van der Waals surface area contributed by atoms with Gasteiger partial charge in [-0.2, -0.15) is 0 Å². The van der Waals surface area contributed by atoms with Gasteiger partial charge in [0.2, 0.25) is 0 Å². The monoisotopic (exact) mass is 295 g/mol. The molecule has 0 amide bonds. The summed E-state index contributed by atoms with van der Waals surface area (Å²) in [6.07, 6.45) is 8.21. The molecule has 1 heterocycles. The maximum absolute atomic E-state index is 12.0. The lowest BCUT2D eigenvalue weighted by molar-refractivity contribution is -0.127. The summed E-state index contributed by atoms with van der Waals surface area (Å²) in [6.45, 7) is 10.1. The number of hydrogen-bond donors (Lipinski definition) is 1. The minimum Gasteiger partial charge on any atom is -0.317 e. The standard InChI is InChI=1S/C17H33N3O/c1-2-18-10-6-3-7-11-19-12-14-20(15-13-19)16-8-4-5-9-17(16)21/h16,18H,2-15H2,1H3. The number of piperazine rings is 1. The highest BCUT2D eigenvalue weighted by molar-refractivity contribution is 5.84. The quantitative estimate of drug-likeness (QED) is 0.694. The van der Waals surface area contributed by atoms with E-state index in [-0.39, 0.29) is 6.04 Å². The molecule has 1 unspecified atom stereocenters. The molecule has 0 aromatic heterocycles. The minimum absolute atomic E-state index is 0.251. The van der Waals surface area contributed by atoms with Crippen molar-refractivity contribution in [1.82, 2.24) is 15.1 Å².